The van der Waals surface area contributed by atoms with Crippen molar-refractivity contribution in [3.8, 4) is 11.3 Å². The van der Waals surface area contributed by atoms with Crippen LogP contribution in [0.3, 0.4) is 0 Å². The predicted molar refractivity (Wildman–Crippen MR) is 77.0 cm³/mol. The molecule has 1 atom stereocenters. The third kappa shape index (κ3) is 2.13. The number of methoxy groups -OCH3 is 1. The van der Waals surface area contributed by atoms with Gasteiger partial charge in [-0.1, -0.05) is 18.2 Å². The van der Waals surface area contributed by atoms with Gasteiger partial charge >= 0.3 is 0 Å². The van der Waals surface area contributed by atoms with Crippen molar-refractivity contribution < 1.29 is 4.74 Å². The number of aromatic amines is 1. The maximum atomic E-state index is 5.40. The number of hydrogen-bond acceptors (Lipinski definition) is 2. The molecule has 0 fully saturated rings. The molecule has 0 bridgehead atoms. The first-order valence-electron chi connectivity index (χ1n) is 6.35. The molecular weight excluding hydrogens is 236 g/mol. The van der Waals surface area contributed by atoms with Crippen LogP contribution >= 0.6 is 0 Å². The van der Waals surface area contributed by atoms with Gasteiger partial charge in [0.25, 0.3) is 0 Å². The fourth-order valence-electron chi connectivity index (χ4n) is 2.30. The number of para-hydroxylation sites is 1. The van der Waals surface area contributed by atoms with Crippen LogP contribution in [0, 0.1) is 0 Å². The van der Waals surface area contributed by atoms with E-state index in [4.69, 9.17) is 4.74 Å². The fraction of sp³-hybridized carbons (Fsp3) is 0.188. The first-order valence-corrected chi connectivity index (χ1v) is 6.35. The topological polar surface area (TPSA) is 37.9 Å². The van der Waals surface area contributed by atoms with Gasteiger partial charge in [-0.25, -0.2) is 0 Å². The lowest BCUT2D eigenvalue weighted by molar-refractivity contribution is 0.116. The van der Waals surface area contributed by atoms with E-state index < -0.39 is 0 Å². The lowest BCUT2D eigenvalue weighted by Gasteiger charge is -2.12. The van der Waals surface area contributed by atoms with E-state index in [1.807, 2.05) is 25.1 Å². The number of benzene rings is 1. The zero-order valence-electron chi connectivity index (χ0n) is 11.1. The summed E-state index contributed by atoms with van der Waals surface area (Å²) in [5.74, 6) is 0. The van der Waals surface area contributed by atoms with Crippen molar-refractivity contribution in [1.82, 2.24) is 9.97 Å². The molecule has 0 aliphatic rings. The highest BCUT2D eigenvalue weighted by molar-refractivity contribution is 5.86. The number of H-pyrrole nitrogens is 1. The zero-order valence-corrected chi connectivity index (χ0v) is 11.1. The van der Waals surface area contributed by atoms with E-state index in [0.717, 1.165) is 22.5 Å². The fourth-order valence-corrected chi connectivity index (χ4v) is 2.30. The third-order valence-electron chi connectivity index (χ3n) is 3.40. The van der Waals surface area contributed by atoms with Gasteiger partial charge in [-0.2, -0.15) is 0 Å². The summed E-state index contributed by atoms with van der Waals surface area (Å²) in [6.45, 7) is 2.01. The van der Waals surface area contributed by atoms with Crippen LogP contribution in [-0.2, 0) is 4.74 Å². The van der Waals surface area contributed by atoms with Crippen LogP contribution in [0.1, 0.15) is 18.7 Å². The maximum absolute atomic E-state index is 5.40. The third-order valence-corrected chi connectivity index (χ3v) is 3.40. The van der Waals surface area contributed by atoms with Gasteiger partial charge in [0.2, 0.25) is 0 Å². The molecule has 2 aromatic heterocycles. The molecule has 0 spiro atoms. The van der Waals surface area contributed by atoms with Crippen LogP contribution in [0.25, 0.3) is 22.2 Å². The Kier molecular flexibility index (Phi) is 3.05. The summed E-state index contributed by atoms with van der Waals surface area (Å²) in [5.41, 5.74) is 4.26. The lowest BCUT2D eigenvalue weighted by atomic mass is 10.1. The molecule has 0 aliphatic carbocycles. The van der Waals surface area contributed by atoms with Gasteiger partial charge in [0.15, 0.2) is 0 Å². The van der Waals surface area contributed by atoms with E-state index in [1.54, 1.807) is 13.3 Å². The van der Waals surface area contributed by atoms with Crippen molar-refractivity contribution in [2.75, 3.05) is 7.11 Å². The number of pyridine rings is 1. The standard InChI is InChI=1S/C16H16N2O/c1-11(19-2)16-13(7-5-9-17-16)15-10-12-6-3-4-8-14(12)18-15/h3-11,18H,1-2H3. The highest BCUT2D eigenvalue weighted by Gasteiger charge is 2.14. The van der Waals surface area contributed by atoms with Crippen molar-refractivity contribution in [1.29, 1.82) is 0 Å². The van der Waals surface area contributed by atoms with E-state index in [9.17, 15) is 0 Å². The Bertz CT molecular complexity index is 670. The second-order valence-corrected chi connectivity index (χ2v) is 4.58. The highest BCUT2D eigenvalue weighted by Crippen LogP contribution is 2.29. The first kappa shape index (κ1) is 11.9. The van der Waals surface area contributed by atoms with Gasteiger partial charge in [0, 0.05) is 35.5 Å². The van der Waals surface area contributed by atoms with Crippen LogP contribution in [0.5, 0.6) is 0 Å². The van der Waals surface area contributed by atoms with Crippen LogP contribution in [0.2, 0.25) is 0 Å². The Morgan fingerprint density at radius 2 is 2.00 bits per heavy atom. The number of ether oxygens (including phenoxy) is 1. The SMILES string of the molecule is COC(C)c1ncccc1-c1cc2ccccc2[nH]1. The Morgan fingerprint density at radius 1 is 1.16 bits per heavy atom. The molecule has 2 heterocycles. The van der Waals surface area contributed by atoms with Gasteiger partial charge in [0.05, 0.1) is 11.8 Å². The summed E-state index contributed by atoms with van der Waals surface area (Å²) >= 11 is 0. The molecule has 3 rings (SSSR count). The molecule has 3 nitrogen and oxygen atoms in total. The summed E-state index contributed by atoms with van der Waals surface area (Å²) < 4.78 is 5.40. The number of aromatic nitrogens is 2. The van der Waals surface area contributed by atoms with Crippen LogP contribution in [0.4, 0.5) is 0 Å². The Hall–Kier alpha value is -2.13. The minimum atomic E-state index is -0.0254. The molecule has 3 aromatic rings. The number of rotatable bonds is 3. The van der Waals surface area contributed by atoms with Gasteiger partial charge in [0.1, 0.15) is 0 Å². The quantitative estimate of drug-likeness (QED) is 0.766. The summed E-state index contributed by atoms with van der Waals surface area (Å²) in [6, 6.07) is 14.4. The van der Waals surface area contributed by atoms with Gasteiger partial charge < -0.3 is 9.72 Å². The first-order chi connectivity index (χ1) is 9.29. The summed E-state index contributed by atoms with van der Waals surface area (Å²) in [5, 5.41) is 1.21. The molecule has 0 saturated heterocycles. The van der Waals surface area contributed by atoms with Crippen LogP contribution in [-0.4, -0.2) is 17.1 Å². The summed E-state index contributed by atoms with van der Waals surface area (Å²) in [6.07, 6.45) is 1.78. The number of fused-ring (bicyclic) bond motifs is 1. The molecule has 0 saturated carbocycles. The Labute approximate surface area is 112 Å². The number of nitrogens with one attached hydrogen (secondary N) is 1. The van der Waals surface area contributed by atoms with E-state index in [1.165, 1.54) is 5.39 Å². The van der Waals surface area contributed by atoms with Crippen LogP contribution in [0.15, 0.2) is 48.7 Å². The minimum absolute atomic E-state index is 0.0254. The molecule has 0 radical (unpaired) electrons. The smallest absolute Gasteiger partial charge is 0.0969 e. The Balaban J connectivity index is 2.15. The average Bonchev–Trinajstić information content (AvgIpc) is 2.90. The Morgan fingerprint density at radius 3 is 2.79 bits per heavy atom. The lowest BCUT2D eigenvalue weighted by Crippen LogP contribution is -2.01. The van der Waals surface area contributed by atoms with E-state index in [-0.39, 0.29) is 6.10 Å². The molecule has 0 amide bonds. The molecule has 19 heavy (non-hydrogen) atoms. The van der Waals surface area contributed by atoms with E-state index in [2.05, 4.69) is 34.2 Å². The van der Waals surface area contributed by atoms with Crippen molar-refractivity contribution in [2.24, 2.45) is 0 Å². The van der Waals surface area contributed by atoms with Crippen molar-refractivity contribution >= 4 is 10.9 Å². The number of hydrogen-bond donors (Lipinski definition) is 1. The van der Waals surface area contributed by atoms with E-state index in [0.29, 0.717) is 0 Å². The monoisotopic (exact) mass is 252 g/mol. The van der Waals surface area contributed by atoms with Gasteiger partial charge in [-0.15, -0.1) is 0 Å². The van der Waals surface area contributed by atoms with Gasteiger partial charge in [-0.05, 0) is 31.2 Å². The van der Waals surface area contributed by atoms with E-state index >= 15 is 0 Å². The van der Waals surface area contributed by atoms with Gasteiger partial charge in [-0.3, -0.25) is 4.98 Å². The minimum Gasteiger partial charge on any atom is -0.375 e. The average molecular weight is 252 g/mol. The number of nitrogens with zero attached hydrogens (tertiary/aromatic N) is 1. The predicted octanol–water partition coefficient (Wildman–Crippen LogP) is 3.94. The normalized spacial score (nSPS) is 12.7. The molecular formula is C16H16N2O. The molecule has 1 unspecified atom stereocenters. The highest BCUT2D eigenvalue weighted by atomic mass is 16.5. The zero-order chi connectivity index (χ0) is 13.2. The van der Waals surface area contributed by atoms with Crippen molar-refractivity contribution in [3.05, 3.63) is 54.4 Å². The van der Waals surface area contributed by atoms with Crippen LogP contribution < -0.4 is 0 Å². The second kappa shape index (κ2) is 4.86. The molecule has 0 aliphatic heterocycles. The summed E-state index contributed by atoms with van der Waals surface area (Å²) in [4.78, 5) is 7.89. The van der Waals surface area contributed by atoms with Crippen molar-refractivity contribution in [3.63, 3.8) is 0 Å². The molecule has 96 valence electrons. The molecule has 1 aromatic carbocycles. The largest absolute Gasteiger partial charge is 0.375 e. The van der Waals surface area contributed by atoms with Crippen molar-refractivity contribution in [2.45, 2.75) is 13.0 Å². The molecule has 1 N–H and O–H groups in total. The molecule has 3 heteroatoms. The maximum Gasteiger partial charge on any atom is 0.0969 e. The summed E-state index contributed by atoms with van der Waals surface area (Å²) in [7, 11) is 1.70. The second-order valence-electron chi connectivity index (χ2n) is 4.58.